The van der Waals surface area contributed by atoms with Gasteiger partial charge in [-0.1, -0.05) is 13.8 Å². The molecule has 1 amide bonds. The fourth-order valence-electron chi connectivity index (χ4n) is 1.64. The first-order chi connectivity index (χ1) is 8.43. The van der Waals surface area contributed by atoms with E-state index in [1.807, 2.05) is 45.0 Å². The number of nitrogens with zero attached hydrogens (tertiary/aromatic N) is 1. The van der Waals surface area contributed by atoms with Crippen LogP contribution in [0.4, 0.5) is 0 Å². The molecule has 0 bridgehead atoms. The lowest BCUT2D eigenvalue weighted by Crippen LogP contribution is -2.46. The van der Waals surface area contributed by atoms with Crippen molar-refractivity contribution in [2.75, 3.05) is 20.6 Å². The number of carbonyl (C=O) groups is 1. The van der Waals surface area contributed by atoms with Gasteiger partial charge in [0, 0.05) is 6.54 Å². The van der Waals surface area contributed by atoms with E-state index in [0.717, 1.165) is 5.76 Å². The van der Waals surface area contributed by atoms with Gasteiger partial charge in [0.25, 0.3) is 0 Å². The molecule has 0 saturated heterocycles. The highest BCUT2D eigenvalue weighted by Crippen LogP contribution is 2.17. The van der Waals surface area contributed by atoms with Gasteiger partial charge in [-0.25, -0.2) is 0 Å². The molecule has 2 atom stereocenters. The van der Waals surface area contributed by atoms with Gasteiger partial charge < -0.3 is 15.5 Å². The summed E-state index contributed by atoms with van der Waals surface area (Å²) >= 11 is 0. The molecule has 18 heavy (non-hydrogen) atoms. The molecule has 0 aliphatic carbocycles. The number of amides is 1. The number of hydrogen-bond donors (Lipinski definition) is 2. The van der Waals surface area contributed by atoms with Gasteiger partial charge in [-0.2, -0.15) is 0 Å². The predicted molar refractivity (Wildman–Crippen MR) is 71.0 cm³/mol. The molecule has 0 aromatic carbocycles. The highest BCUT2D eigenvalue weighted by Gasteiger charge is 2.21. The number of nitrogens with one attached hydrogen (secondary N) is 1. The molecule has 0 spiro atoms. The molecule has 1 unspecified atom stereocenters. The van der Waals surface area contributed by atoms with Crippen LogP contribution in [0, 0.1) is 5.92 Å². The summed E-state index contributed by atoms with van der Waals surface area (Å²) in [6.07, 6.45) is 1.63. The Hall–Kier alpha value is -1.33. The second kappa shape index (κ2) is 6.56. The highest BCUT2D eigenvalue weighted by atomic mass is 16.3. The van der Waals surface area contributed by atoms with E-state index in [0.29, 0.717) is 6.54 Å². The lowest BCUT2D eigenvalue weighted by molar-refractivity contribution is -0.123. The third-order valence-electron chi connectivity index (χ3n) is 2.99. The standard InChI is InChI=1S/C13H23N3O2/c1-9(2)12(14)13(17)15-8-10(16(3)4)11-6-5-7-18-11/h5-7,9-10,12H,8,14H2,1-4H3,(H,15,17)/t10?,12-/m1/s1. The van der Waals surface area contributed by atoms with E-state index >= 15 is 0 Å². The first-order valence-corrected chi connectivity index (χ1v) is 6.16. The van der Waals surface area contributed by atoms with Gasteiger partial charge in [-0.3, -0.25) is 9.69 Å². The number of likely N-dealkylation sites (N-methyl/N-ethyl adjacent to an activating group) is 1. The maximum Gasteiger partial charge on any atom is 0.237 e. The molecule has 0 aliphatic rings. The predicted octanol–water partition coefficient (Wildman–Crippen LogP) is 0.982. The van der Waals surface area contributed by atoms with Crippen molar-refractivity contribution < 1.29 is 9.21 Å². The van der Waals surface area contributed by atoms with Crippen molar-refractivity contribution in [3.63, 3.8) is 0 Å². The molecule has 102 valence electrons. The lowest BCUT2D eigenvalue weighted by Gasteiger charge is -2.24. The average Bonchev–Trinajstić information content (AvgIpc) is 2.81. The average molecular weight is 253 g/mol. The third kappa shape index (κ3) is 3.85. The van der Waals surface area contributed by atoms with Crippen LogP contribution in [0.3, 0.4) is 0 Å². The third-order valence-corrected chi connectivity index (χ3v) is 2.99. The molecule has 0 saturated carbocycles. The first kappa shape index (κ1) is 14.7. The van der Waals surface area contributed by atoms with Gasteiger partial charge in [0.05, 0.1) is 18.3 Å². The minimum atomic E-state index is -0.468. The van der Waals surface area contributed by atoms with Crippen molar-refractivity contribution in [3.8, 4) is 0 Å². The van der Waals surface area contributed by atoms with Crippen LogP contribution >= 0.6 is 0 Å². The Bertz CT molecular complexity index is 360. The van der Waals surface area contributed by atoms with Gasteiger partial charge in [0.1, 0.15) is 5.76 Å². The summed E-state index contributed by atoms with van der Waals surface area (Å²) in [7, 11) is 3.89. The summed E-state index contributed by atoms with van der Waals surface area (Å²) in [6, 6.07) is 3.29. The summed E-state index contributed by atoms with van der Waals surface area (Å²) < 4.78 is 5.37. The summed E-state index contributed by atoms with van der Waals surface area (Å²) in [5.74, 6) is 0.841. The van der Waals surface area contributed by atoms with Crippen LogP contribution in [0.25, 0.3) is 0 Å². The van der Waals surface area contributed by atoms with Crippen LogP contribution in [-0.4, -0.2) is 37.5 Å². The van der Waals surface area contributed by atoms with Crippen LogP contribution in [0.15, 0.2) is 22.8 Å². The molecule has 5 heteroatoms. The minimum Gasteiger partial charge on any atom is -0.468 e. The summed E-state index contributed by atoms with van der Waals surface area (Å²) in [5, 5.41) is 2.87. The molecule has 1 heterocycles. The molecule has 5 nitrogen and oxygen atoms in total. The number of hydrogen-bond acceptors (Lipinski definition) is 4. The van der Waals surface area contributed by atoms with E-state index in [9.17, 15) is 4.79 Å². The zero-order chi connectivity index (χ0) is 13.7. The van der Waals surface area contributed by atoms with Crippen LogP contribution in [-0.2, 0) is 4.79 Å². The summed E-state index contributed by atoms with van der Waals surface area (Å²) in [5.41, 5.74) is 5.79. The Morgan fingerprint density at radius 2 is 2.17 bits per heavy atom. The number of rotatable bonds is 6. The van der Waals surface area contributed by atoms with Crippen molar-refractivity contribution in [2.24, 2.45) is 11.7 Å². The summed E-state index contributed by atoms with van der Waals surface area (Å²) in [6.45, 7) is 4.35. The Morgan fingerprint density at radius 1 is 1.50 bits per heavy atom. The van der Waals surface area contributed by atoms with E-state index in [2.05, 4.69) is 5.32 Å². The van der Waals surface area contributed by atoms with Crippen molar-refractivity contribution in [3.05, 3.63) is 24.2 Å². The van der Waals surface area contributed by atoms with E-state index in [-0.39, 0.29) is 17.9 Å². The Kier molecular flexibility index (Phi) is 5.37. The highest BCUT2D eigenvalue weighted by molar-refractivity contribution is 5.81. The van der Waals surface area contributed by atoms with E-state index < -0.39 is 6.04 Å². The lowest BCUT2D eigenvalue weighted by atomic mass is 10.0. The minimum absolute atomic E-state index is 0.0170. The number of furan rings is 1. The van der Waals surface area contributed by atoms with Gasteiger partial charge in [-0.05, 0) is 32.1 Å². The second-order valence-electron chi connectivity index (χ2n) is 5.01. The SMILES string of the molecule is CC(C)[C@@H](N)C(=O)NCC(c1ccco1)N(C)C. The molecular weight excluding hydrogens is 230 g/mol. The molecular formula is C13H23N3O2. The zero-order valence-corrected chi connectivity index (χ0v) is 11.5. The molecule has 1 aromatic heterocycles. The molecule has 1 rings (SSSR count). The van der Waals surface area contributed by atoms with Gasteiger partial charge in [0.15, 0.2) is 0 Å². The topological polar surface area (TPSA) is 71.5 Å². The fourth-order valence-corrected chi connectivity index (χ4v) is 1.64. The number of carbonyl (C=O) groups excluding carboxylic acids is 1. The summed E-state index contributed by atoms with van der Waals surface area (Å²) in [4.78, 5) is 13.8. The van der Waals surface area contributed by atoms with E-state index in [1.54, 1.807) is 6.26 Å². The van der Waals surface area contributed by atoms with Gasteiger partial charge in [-0.15, -0.1) is 0 Å². The van der Waals surface area contributed by atoms with Crippen LogP contribution in [0.1, 0.15) is 25.6 Å². The molecule has 0 radical (unpaired) electrons. The molecule has 0 fully saturated rings. The van der Waals surface area contributed by atoms with Crippen molar-refractivity contribution in [1.82, 2.24) is 10.2 Å². The maximum atomic E-state index is 11.8. The fraction of sp³-hybridized carbons (Fsp3) is 0.615. The smallest absolute Gasteiger partial charge is 0.237 e. The van der Waals surface area contributed by atoms with E-state index in [4.69, 9.17) is 10.2 Å². The largest absolute Gasteiger partial charge is 0.468 e. The van der Waals surface area contributed by atoms with Crippen molar-refractivity contribution >= 4 is 5.91 Å². The zero-order valence-electron chi connectivity index (χ0n) is 11.5. The van der Waals surface area contributed by atoms with Crippen LogP contribution in [0.5, 0.6) is 0 Å². The Balaban J connectivity index is 2.57. The van der Waals surface area contributed by atoms with Gasteiger partial charge in [0.2, 0.25) is 5.91 Å². The number of nitrogens with two attached hydrogens (primary N) is 1. The maximum absolute atomic E-state index is 11.8. The second-order valence-corrected chi connectivity index (χ2v) is 5.01. The van der Waals surface area contributed by atoms with Crippen molar-refractivity contribution in [1.29, 1.82) is 0 Å². The Morgan fingerprint density at radius 3 is 2.61 bits per heavy atom. The van der Waals surface area contributed by atoms with Crippen molar-refractivity contribution in [2.45, 2.75) is 25.9 Å². The van der Waals surface area contributed by atoms with E-state index in [1.165, 1.54) is 0 Å². The molecule has 0 aliphatic heterocycles. The normalized spacial score (nSPS) is 14.8. The van der Waals surface area contributed by atoms with Crippen LogP contribution in [0.2, 0.25) is 0 Å². The monoisotopic (exact) mass is 253 g/mol. The van der Waals surface area contributed by atoms with Crippen LogP contribution < -0.4 is 11.1 Å². The van der Waals surface area contributed by atoms with Gasteiger partial charge >= 0.3 is 0 Å². The Labute approximate surface area is 108 Å². The molecule has 1 aromatic rings. The first-order valence-electron chi connectivity index (χ1n) is 6.16. The molecule has 3 N–H and O–H groups in total. The quantitative estimate of drug-likeness (QED) is 0.793.